The van der Waals surface area contributed by atoms with Crippen LogP contribution >= 0.6 is 34.0 Å². The van der Waals surface area contributed by atoms with Gasteiger partial charge in [-0.2, -0.15) is 0 Å². The molecular formula is C30H37Cl2N3O5S. The van der Waals surface area contributed by atoms with Crippen LogP contribution in [0.25, 0.3) is 0 Å². The average Bonchev–Trinajstić information content (AvgIpc) is 2.92. The average molecular weight is 623 g/mol. The van der Waals surface area contributed by atoms with Crippen molar-refractivity contribution in [1.82, 2.24) is 10.6 Å². The predicted octanol–water partition coefficient (Wildman–Crippen LogP) is 6.15. The molecule has 0 bridgehead atoms. The lowest BCUT2D eigenvalue weighted by Gasteiger charge is -2.47. The molecule has 1 aliphatic rings. The maximum Gasteiger partial charge on any atom is 0.251 e. The maximum absolute atomic E-state index is 13.6. The molecule has 4 rings (SSSR count). The maximum atomic E-state index is 13.6. The van der Waals surface area contributed by atoms with Crippen LogP contribution in [-0.4, -0.2) is 57.7 Å². The Labute approximate surface area is 253 Å². The molecule has 0 radical (unpaired) electrons. The minimum absolute atomic E-state index is 0.209. The molecule has 0 spiro atoms. The van der Waals surface area contributed by atoms with E-state index in [0.717, 1.165) is 24.0 Å². The summed E-state index contributed by atoms with van der Waals surface area (Å²) in [4.78, 5) is 13.6. The van der Waals surface area contributed by atoms with Crippen molar-refractivity contribution in [3.63, 3.8) is 0 Å². The second kappa shape index (κ2) is 14.6. The highest BCUT2D eigenvalue weighted by molar-refractivity contribution is 8.25. The Morgan fingerprint density at radius 2 is 1.76 bits per heavy atom. The van der Waals surface area contributed by atoms with Crippen molar-refractivity contribution in [3.05, 3.63) is 93.5 Å². The van der Waals surface area contributed by atoms with E-state index in [9.17, 15) is 19.0 Å². The molecule has 1 saturated heterocycles. The van der Waals surface area contributed by atoms with Gasteiger partial charge in [0.15, 0.2) is 0 Å². The van der Waals surface area contributed by atoms with Crippen LogP contribution in [0.1, 0.15) is 41.3 Å². The number of amides is 1. The summed E-state index contributed by atoms with van der Waals surface area (Å²) in [5.41, 5.74) is 2.66. The highest BCUT2D eigenvalue weighted by Crippen LogP contribution is 2.50. The van der Waals surface area contributed by atoms with Crippen molar-refractivity contribution in [2.45, 2.75) is 44.9 Å². The zero-order valence-electron chi connectivity index (χ0n) is 22.9. The van der Waals surface area contributed by atoms with Gasteiger partial charge in [-0.3, -0.25) is 18.2 Å². The smallest absolute Gasteiger partial charge is 0.251 e. The van der Waals surface area contributed by atoms with E-state index < -0.39 is 28.8 Å². The monoisotopic (exact) mass is 621 g/mol. The van der Waals surface area contributed by atoms with Crippen molar-refractivity contribution in [1.29, 1.82) is 0 Å². The number of hydrogen-bond donors (Lipinski definition) is 5. The van der Waals surface area contributed by atoms with Gasteiger partial charge in [-0.15, -0.1) is 10.8 Å². The number of nitrogens with one attached hydrogen (secondary N) is 2. The third kappa shape index (κ3) is 8.99. The number of carbonyl (C=O) groups excluding carboxylic acids is 1. The van der Waals surface area contributed by atoms with E-state index in [2.05, 4.69) is 10.6 Å². The molecule has 0 aliphatic carbocycles. The molecule has 1 heterocycles. The van der Waals surface area contributed by atoms with Crippen LogP contribution in [0.2, 0.25) is 10.0 Å². The first-order valence-corrected chi connectivity index (χ1v) is 16.1. The molecule has 222 valence electrons. The van der Waals surface area contributed by atoms with Gasteiger partial charge in [-0.25, -0.2) is 0 Å². The van der Waals surface area contributed by atoms with E-state index in [0.29, 0.717) is 53.2 Å². The SMILES string of the molecule is CCOc1cc(C(=O)N[C@@H](Cc2ccccc2)[C@H](O)CNCc2cc(Cl)cc(Cl)c2)cc(N2CCCCS2(O)O)c1. The molecule has 3 aromatic carbocycles. The van der Waals surface area contributed by atoms with E-state index in [1.54, 1.807) is 40.7 Å². The first-order chi connectivity index (χ1) is 19.6. The van der Waals surface area contributed by atoms with E-state index in [1.165, 1.54) is 0 Å². The molecule has 1 amide bonds. The van der Waals surface area contributed by atoms with Crippen LogP contribution in [0, 0.1) is 0 Å². The van der Waals surface area contributed by atoms with E-state index in [1.807, 2.05) is 37.3 Å². The van der Waals surface area contributed by atoms with Crippen LogP contribution < -0.4 is 19.7 Å². The lowest BCUT2D eigenvalue weighted by atomic mass is 10.00. The van der Waals surface area contributed by atoms with Gasteiger partial charge in [0.2, 0.25) is 0 Å². The number of rotatable bonds is 12. The number of anilines is 1. The zero-order valence-corrected chi connectivity index (χ0v) is 25.3. The van der Waals surface area contributed by atoms with Gasteiger partial charge in [0.05, 0.1) is 30.2 Å². The van der Waals surface area contributed by atoms with Gasteiger partial charge in [0, 0.05) is 41.3 Å². The molecule has 3 aromatic rings. The molecule has 1 fully saturated rings. The fourth-order valence-corrected chi connectivity index (χ4v) is 7.08. The molecule has 41 heavy (non-hydrogen) atoms. The lowest BCUT2D eigenvalue weighted by molar-refractivity contribution is 0.0829. The fourth-order valence-electron chi connectivity index (χ4n) is 4.84. The highest BCUT2D eigenvalue weighted by atomic mass is 35.5. The number of aliphatic hydroxyl groups excluding tert-OH is 1. The van der Waals surface area contributed by atoms with Crippen LogP contribution in [0.3, 0.4) is 0 Å². The molecule has 2 atom stereocenters. The first-order valence-electron chi connectivity index (χ1n) is 13.6. The minimum Gasteiger partial charge on any atom is -0.494 e. The number of nitrogens with zero attached hydrogens (tertiary/aromatic N) is 1. The summed E-state index contributed by atoms with van der Waals surface area (Å²) >= 11 is 12.2. The van der Waals surface area contributed by atoms with Crippen LogP contribution in [-0.2, 0) is 13.0 Å². The Hall–Kier alpha value is -2.50. The summed E-state index contributed by atoms with van der Waals surface area (Å²) < 4.78 is 28.7. The van der Waals surface area contributed by atoms with E-state index in [4.69, 9.17) is 27.9 Å². The van der Waals surface area contributed by atoms with Gasteiger partial charge in [0.25, 0.3) is 5.91 Å². The fraction of sp³-hybridized carbons (Fsp3) is 0.367. The number of aliphatic hydroxyl groups is 1. The number of hydrogen-bond acceptors (Lipinski definition) is 7. The first kappa shape index (κ1) is 31.4. The normalized spacial score (nSPS) is 17.0. The second-order valence-electron chi connectivity index (χ2n) is 10.0. The van der Waals surface area contributed by atoms with Gasteiger partial charge in [-0.1, -0.05) is 53.5 Å². The van der Waals surface area contributed by atoms with Crippen LogP contribution in [0.5, 0.6) is 5.75 Å². The van der Waals surface area contributed by atoms with Crippen molar-refractivity contribution in [3.8, 4) is 5.75 Å². The molecule has 1 aliphatic heterocycles. The van der Waals surface area contributed by atoms with Gasteiger partial charge in [0.1, 0.15) is 5.75 Å². The third-order valence-electron chi connectivity index (χ3n) is 6.82. The summed E-state index contributed by atoms with van der Waals surface area (Å²) in [5.74, 6) is 0.341. The largest absolute Gasteiger partial charge is 0.494 e. The number of benzene rings is 3. The summed E-state index contributed by atoms with van der Waals surface area (Å²) in [6, 6.07) is 19.3. The molecule has 8 nitrogen and oxygen atoms in total. The summed E-state index contributed by atoms with van der Waals surface area (Å²) in [7, 11) is -2.99. The quantitative estimate of drug-likeness (QED) is 0.165. The topological polar surface area (TPSA) is 114 Å². The molecule has 5 N–H and O–H groups in total. The second-order valence-corrected chi connectivity index (χ2v) is 13.0. The van der Waals surface area contributed by atoms with Gasteiger partial charge >= 0.3 is 0 Å². The third-order valence-corrected chi connectivity index (χ3v) is 9.19. The highest BCUT2D eigenvalue weighted by Gasteiger charge is 2.29. The predicted molar refractivity (Wildman–Crippen MR) is 167 cm³/mol. The number of halogens is 2. The Bertz CT molecular complexity index is 1290. The number of ether oxygens (including phenoxy) is 1. The van der Waals surface area contributed by atoms with Gasteiger partial charge in [-0.05, 0) is 67.6 Å². The molecular weight excluding hydrogens is 585 g/mol. The Morgan fingerprint density at radius 3 is 2.44 bits per heavy atom. The summed E-state index contributed by atoms with van der Waals surface area (Å²) in [5, 5.41) is 18.5. The standard InChI is InChI=1S/C30H37Cl2N3O5S/c1-2-40-27-16-23(15-26(18-27)35-10-6-7-11-41(35,38)39)30(37)34-28(14-21-8-4-3-5-9-21)29(36)20-33-19-22-12-24(31)17-25(32)13-22/h3-5,8-9,12-13,15-18,28-29,33,36,38-39H,2,6-7,10-11,14,19-20H2,1H3,(H,34,37)/t28-,29+/m0/s1. The minimum atomic E-state index is -2.99. The summed E-state index contributed by atoms with van der Waals surface area (Å²) in [6.45, 7) is 3.35. The Balaban J connectivity index is 1.53. The Morgan fingerprint density at radius 1 is 1.02 bits per heavy atom. The van der Waals surface area contributed by atoms with Gasteiger partial charge < -0.3 is 20.5 Å². The van der Waals surface area contributed by atoms with E-state index >= 15 is 0 Å². The number of carbonyl (C=O) groups is 1. The summed E-state index contributed by atoms with van der Waals surface area (Å²) in [6.07, 6.45) is 1.03. The molecule has 0 aromatic heterocycles. The van der Waals surface area contributed by atoms with Crippen LogP contribution in [0.4, 0.5) is 5.69 Å². The van der Waals surface area contributed by atoms with Crippen molar-refractivity contribution < 1.29 is 23.7 Å². The van der Waals surface area contributed by atoms with Crippen molar-refractivity contribution in [2.24, 2.45) is 0 Å². The van der Waals surface area contributed by atoms with Crippen LogP contribution in [0.15, 0.2) is 66.7 Å². The van der Waals surface area contributed by atoms with Crippen molar-refractivity contribution >= 4 is 45.6 Å². The molecule has 0 unspecified atom stereocenters. The zero-order chi connectivity index (χ0) is 29.4. The molecule has 11 heteroatoms. The Kier molecular flexibility index (Phi) is 11.2. The molecule has 0 saturated carbocycles. The van der Waals surface area contributed by atoms with Crippen molar-refractivity contribution in [2.75, 3.05) is 29.8 Å². The lowest BCUT2D eigenvalue weighted by Crippen LogP contribution is -2.48. The van der Waals surface area contributed by atoms with E-state index in [-0.39, 0.29) is 12.3 Å².